The summed E-state index contributed by atoms with van der Waals surface area (Å²) in [6.45, 7) is 0. The molecule has 4 aromatic rings. The molecule has 27 heavy (non-hydrogen) atoms. The molecule has 0 bridgehead atoms. The fourth-order valence-corrected chi connectivity index (χ4v) is 3.51. The second-order valence-electron chi connectivity index (χ2n) is 5.76. The van der Waals surface area contributed by atoms with Gasteiger partial charge in [-0.1, -0.05) is 60.7 Å². The number of nitrogens with one attached hydrogen (secondary N) is 1. The summed E-state index contributed by atoms with van der Waals surface area (Å²) in [6, 6.07) is 21.5. The molecule has 2 aromatic carbocycles. The highest BCUT2D eigenvalue weighted by atomic mass is 35.5. The molecule has 1 amide bonds. The van der Waals surface area contributed by atoms with E-state index in [1.807, 2.05) is 72.1 Å². The van der Waals surface area contributed by atoms with Crippen molar-refractivity contribution in [1.29, 1.82) is 0 Å². The van der Waals surface area contributed by atoms with Crippen molar-refractivity contribution in [2.24, 2.45) is 0 Å². The maximum absolute atomic E-state index is 11.8. The molecule has 7 heteroatoms. The Bertz CT molecular complexity index is 1060. The fourth-order valence-electron chi connectivity index (χ4n) is 2.65. The first-order valence-corrected chi connectivity index (χ1v) is 9.68. The molecule has 0 atom stereocenters. The first-order chi connectivity index (χ1) is 13.2. The number of carbonyl (C=O) groups is 1. The Morgan fingerprint density at radius 1 is 1.00 bits per heavy atom. The third-order valence-electron chi connectivity index (χ3n) is 3.91. The normalized spacial score (nSPS) is 10.7. The number of nitrogens with zero attached hydrogens (tertiary/aromatic N) is 3. The molecule has 134 valence electrons. The summed E-state index contributed by atoms with van der Waals surface area (Å²) in [7, 11) is 0. The SMILES string of the molecule is O=C(CCl)Nc1cc(-c2ccccc2)nn1-c1nc(-c2ccccc2)cs1. The number of hydrogen-bond donors (Lipinski definition) is 1. The number of alkyl halides is 1. The zero-order chi connectivity index (χ0) is 18.6. The van der Waals surface area contributed by atoms with Gasteiger partial charge in [0.1, 0.15) is 11.7 Å². The highest BCUT2D eigenvalue weighted by Gasteiger charge is 2.16. The monoisotopic (exact) mass is 394 g/mol. The standard InChI is InChI=1S/C20H15ClN4OS/c21-12-19(26)23-18-11-16(14-7-3-1-4-8-14)24-25(18)20-22-17(13-27-20)15-9-5-2-6-10-15/h1-11,13H,12H2,(H,23,26). The van der Waals surface area contributed by atoms with Crippen molar-refractivity contribution >= 4 is 34.7 Å². The van der Waals surface area contributed by atoms with E-state index in [0.717, 1.165) is 22.5 Å². The first-order valence-electron chi connectivity index (χ1n) is 8.27. The Balaban J connectivity index is 1.76. The number of thiazole rings is 1. The van der Waals surface area contributed by atoms with Crippen molar-refractivity contribution in [2.75, 3.05) is 11.2 Å². The van der Waals surface area contributed by atoms with E-state index in [4.69, 9.17) is 11.6 Å². The fraction of sp³-hybridized carbons (Fsp3) is 0.0500. The van der Waals surface area contributed by atoms with Gasteiger partial charge in [-0.3, -0.25) is 4.79 Å². The third-order valence-corrected chi connectivity index (χ3v) is 4.97. The Kier molecular flexibility index (Phi) is 5.00. The van der Waals surface area contributed by atoms with Crippen LogP contribution in [0.1, 0.15) is 0 Å². The van der Waals surface area contributed by atoms with E-state index < -0.39 is 0 Å². The molecule has 0 aliphatic carbocycles. The summed E-state index contributed by atoms with van der Waals surface area (Å²) in [5, 5.41) is 10.1. The zero-order valence-corrected chi connectivity index (χ0v) is 15.7. The van der Waals surface area contributed by atoms with Crippen LogP contribution >= 0.6 is 22.9 Å². The molecule has 0 aliphatic rings. The topological polar surface area (TPSA) is 59.8 Å². The van der Waals surface area contributed by atoms with Gasteiger partial charge in [-0.2, -0.15) is 9.78 Å². The van der Waals surface area contributed by atoms with E-state index in [1.54, 1.807) is 4.68 Å². The van der Waals surface area contributed by atoms with Crippen LogP contribution in [0.3, 0.4) is 0 Å². The van der Waals surface area contributed by atoms with E-state index >= 15 is 0 Å². The van der Waals surface area contributed by atoms with Crippen molar-refractivity contribution in [3.63, 3.8) is 0 Å². The average molecular weight is 395 g/mol. The van der Waals surface area contributed by atoms with Gasteiger partial charge >= 0.3 is 0 Å². The van der Waals surface area contributed by atoms with Crippen molar-refractivity contribution in [3.05, 3.63) is 72.1 Å². The lowest BCUT2D eigenvalue weighted by molar-refractivity contribution is -0.114. The van der Waals surface area contributed by atoms with Crippen LogP contribution in [-0.4, -0.2) is 26.6 Å². The van der Waals surface area contributed by atoms with E-state index in [0.29, 0.717) is 10.9 Å². The van der Waals surface area contributed by atoms with Crippen LogP contribution in [0.25, 0.3) is 27.6 Å². The summed E-state index contributed by atoms with van der Waals surface area (Å²) in [4.78, 5) is 16.5. The number of anilines is 1. The molecule has 2 heterocycles. The van der Waals surface area contributed by atoms with Gasteiger partial charge in [-0.05, 0) is 0 Å². The van der Waals surface area contributed by atoms with E-state index in [-0.39, 0.29) is 11.8 Å². The molecule has 0 saturated carbocycles. The van der Waals surface area contributed by atoms with Gasteiger partial charge in [0.05, 0.1) is 11.4 Å². The quantitative estimate of drug-likeness (QED) is 0.493. The summed E-state index contributed by atoms with van der Waals surface area (Å²) in [6.07, 6.45) is 0. The van der Waals surface area contributed by atoms with Gasteiger partial charge in [0.2, 0.25) is 11.0 Å². The zero-order valence-electron chi connectivity index (χ0n) is 14.2. The number of rotatable bonds is 5. The molecule has 0 radical (unpaired) electrons. The largest absolute Gasteiger partial charge is 0.309 e. The van der Waals surface area contributed by atoms with Crippen molar-refractivity contribution < 1.29 is 4.79 Å². The third kappa shape index (κ3) is 3.77. The molecule has 0 saturated heterocycles. The second kappa shape index (κ2) is 7.73. The van der Waals surface area contributed by atoms with Crippen LogP contribution in [0, 0.1) is 0 Å². The van der Waals surface area contributed by atoms with Crippen molar-refractivity contribution in [1.82, 2.24) is 14.8 Å². The molecule has 0 fully saturated rings. The Morgan fingerprint density at radius 2 is 1.63 bits per heavy atom. The smallest absolute Gasteiger partial charge is 0.240 e. The minimum absolute atomic E-state index is 0.126. The van der Waals surface area contributed by atoms with Crippen LogP contribution < -0.4 is 5.32 Å². The molecular formula is C20H15ClN4OS. The lowest BCUT2D eigenvalue weighted by Gasteiger charge is -2.04. The molecule has 1 N–H and O–H groups in total. The molecule has 0 aliphatic heterocycles. The summed E-state index contributed by atoms with van der Waals surface area (Å²) >= 11 is 7.11. The van der Waals surface area contributed by atoms with Crippen molar-refractivity contribution in [2.45, 2.75) is 0 Å². The number of carbonyl (C=O) groups excluding carboxylic acids is 1. The van der Waals surface area contributed by atoms with Crippen LogP contribution in [0.2, 0.25) is 0 Å². The molecule has 0 spiro atoms. The number of benzene rings is 2. The lowest BCUT2D eigenvalue weighted by atomic mass is 10.2. The van der Waals surface area contributed by atoms with Crippen LogP contribution in [-0.2, 0) is 4.79 Å². The number of amides is 1. The molecule has 2 aromatic heterocycles. The number of halogens is 1. The second-order valence-corrected chi connectivity index (χ2v) is 6.86. The maximum atomic E-state index is 11.8. The average Bonchev–Trinajstić information content (AvgIpc) is 3.36. The van der Waals surface area contributed by atoms with Crippen molar-refractivity contribution in [3.8, 4) is 27.6 Å². The predicted molar refractivity (Wildman–Crippen MR) is 109 cm³/mol. The Labute approximate surface area is 165 Å². The van der Waals surface area contributed by atoms with Gasteiger partial charge in [-0.25, -0.2) is 4.98 Å². The van der Waals surface area contributed by atoms with E-state index in [1.165, 1.54) is 11.3 Å². The lowest BCUT2D eigenvalue weighted by Crippen LogP contribution is -2.15. The number of hydrogen-bond acceptors (Lipinski definition) is 4. The van der Waals surface area contributed by atoms with Gasteiger partial charge in [0.25, 0.3) is 0 Å². The number of aromatic nitrogens is 3. The van der Waals surface area contributed by atoms with Gasteiger partial charge in [0, 0.05) is 22.6 Å². The maximum Gasteiger partial charge on any atom is 0.240 e. The molecule has 4 rings (SSSR count). The highest BCUT2D eigenvalue weighted by molar-refractivity contribution is 7.12. The Morgan fingerprint density at radius 3 is 2.26 bits per heavy atom. The van der Waals surface area contributed by atoms with E-state index in [9.17, 15) is 4.79 Å². The molecule has 5 nitrogen and oxygen atoms in total. The Hall–Kier alpha value is -2.96. The van der Waals surface area contributed by atoms with Crippen LogP contribution in [0.5, 0.6) is 0 Å². The predicted octanol–water partition coefficient (Wildman–Crippen LogP) is 4.84. The molecule has 0 unspecified atom stereocenters. The van der Waals surface area contributed by atoms with Gasteiger partial charge in [-0.15, -0.1) is 22.9 Å². The summed E-state index contributed by atoms with van der Waals surface area (Å²) in [5.74, 6) is 0.115. The summed E-state index contributed by atoms with van der Waals surface area (Å²) in [5.41, 5.74) is 3.60. The highest BCUT2D eigenvalue weighted by Crippen LogP contribution is 2.29. The van der Waals surface area contributed by atoms with Gasteiger partial charge in [0.15, 0.2) is 0 Å². The van der Waals surface area contributed by atoms with Crippen LogP contribution in [0.15, 0.2) is 72.1 Å². The minimum atomic E-state index is -0.294. The summed E-state index contributed by atoms with van der Waals surface area (Å²) < 4.78 is 1.64. The van der Waals surface area contributed by atoms with E-state index in [2.05, 4.69) is 15.4 Å². The first kappa shape index (κ1) is 17.5. The van der Waals surface area contributed by atoms with Crippen LogP contribution in [0.4, 0.5) is 5.82 Å². The molecular weight excluding hydrogens is 380 g/mol. The van der Waals surface area contributed by atoms with Gasteiger partial charge < -0.3 is 5.32 Å². The minimum Gasteiger partial charge on any atom is -0.309 e.